The number of nitrogens with one attached hydrogen (secondary N) is 1. The molecule has 1 saturated heterocycles. The molecule has 0 bridgehead atoms. The molecule has 8 nitrogen and oxygen atoms in total. The Balaban J connectivity index is 1.29. The van der Waals surface area contributed by atoms with E-state index >= 15 is 0 Å². The van der Waals surface area contributed by atoms with Crippen molar-refractivity contribution in [2.45, 2.75) is 31.3 Å². The van der Waals surface area contributed by atoms with Crippen molar-refractivity contribution >= 4 is 45.2 Å². The van der Waals surface area contributed by atoms with Crippen molar-refractivity contribution in [3.8, 4) is 0 Å². The third-order valence-corrected chi connectivity index (χ3v) is 7.34. The molecular weight excluding hydrogens is 432 g/mol. The fraction of sp³-hybridized carbons (Fsp3) is 0.333. The first kappa shape index (κ1) is 20.3. The van der Waals surface area contributed by atoms with Crippen LogP contribution in [-0.4, -0.2) is 51.0 Å². The Morgan fingerprint density at radius 2 is 1.91 bits per heavy atom. The summed E-state index contributed by atoms with van der Waals surface area (Å²) in [6.07, 6.45) is 8.99. The number of benzene rings is 1. The van der Waals surface area contributed by atoms with E-state index in [1.54, 1.807) is 11.3 Å². The average molecular weight is 459 g/mol. The molecule has 33 heavy (non-hydrogen) atoms. The van der Waals surface area contributed by atoms with E-state index in [1.165, 1.54) is 5.56 Å². The van der Waals surface area contributed by atoms with Gasteiger partial charge in [-0.05, 0) is 50.0 Å². The first-order valence-electron chi connectivity index (χ1n) is 11.4. The summed E-state index contributed by atoms with van der Waals surface area (Å²) >= 11 is 1.65. The van der Waals surface area contributed by atoms with E-state index in [1.807, 2.05) is 29.6 Å². The van der Waals surface area contributed by atoms with Gasteiger partial charge in [-0.2, -0.15) is 15.2 Å². The summed E-state index contributed by atoms with van der Waals surface area (Å²) < 4.78 is 3.12. The normalized spacial score (nSPS) is 19.5. The van der Waals surface area contributed by atoms with Gasteiger partial charge in [-0.3, -0.25) is 4.68 Å². The summed E-state index contributed by atoms with van der Waals surface area (Å²) in [6, 6.07) is 13.1. The minimum absolute atomic E-state index is 0.131. The molecular formula is C24H26N8S. The largest absolute Gasteiger partial charge is 0.321 e. The number of piperidine rings is 1. The van der Waals surface area contributed by atoms with E-state index in [9.17, 15) is 0 Å². The molecule has 0 saturated carbocycles. The van der Waals surface area contributed by atoms with Crippen LogP contribution < -0.4 is 10.3 Å². The maximum absolute atomic E-state index is 4.91. The molecule has 0 spiro atoms. The molecule has 5 heterocycles. The molecule has 168 valence electrons. The number of hydrogen-bond donors (Lipinski definition) is 1. The summed E-state index contributed by atoms with van der Waals surface area (Å²) in [4.78, 5) is 12.0. The number of thiophene rings is 1. The Kier molecular flexibility index (Phi) is 5.27. The fourth-order valence-corrected chi connectivity index (χ4v) is 5.43. The Morgan fingerprint density at radius 1 is 1.06 bits per heavy atom. The SMILES string of the molecule is CN1CCC(n2cc(Nc3nc(N4N=CCC4c4ccccc4)c4sccc4n3)cn2)CC1. The first-order chi connectivity index (χ1) is 16.2. The smallest absolute Gasteiger partial charge is 0.229 e. The molecule has 9 heteroatoms. The zero-order valence-corrected chi connectivity index (χ0v) is 19.3. The number of aromatic nitrogens is 4. The van der Waals surface area contributed by atoms with Gasteiger partial charge in [-0.1, -0.05) is 30.3 Å². The van der Waals surface area contributed by atoms with E-state index in [0.717, 1.165) is 54.1 Å². The third kappa shape index (κ3) is 3.98. The van der Waals surface area contributed by atoms with Gasteiger partial charge in [0, 0.05) is 18.8 Å². The lowest BCUT2D eigenvalue weighted by atomic mass is 10.0. The van der Waals surface area contributed by atoms with E-state index in [0.29, 0.717) is 12.0 Å². The molecule has 0 amide bonds. The number of rotatable bonds is 5. The highest BCUT2D eigenvalue weighted by molar-refractivity contribution is 7.17. The van der Waals surface area contributed by atoms with Gasteiger partial charge in [0.05, 0.1) is 34.2 Å². The number of likely N-dealkylation sites (tertiary alicyclic amines) is 1. The molecule has 2 aliphatic rings. The van der Waals surface area contributed by atoms with Crippen LogP contribution in [0, 0.1) is 0 Å². The molecule has 1 N–H and O–H groups in total. The van der Waals surface area contributed by atoms with Gasteiger partial charge in [0.2, 0.25) is 5.95 Å². The molecule has 0 aliphatic carbocycles. The van der Waals surface area contributed by atoms with E-state index in [2.05, 4.69) is 68.0 Å². The molecule has 1 unspecified atom stereocenters. The van der Waals surface area contributed by atoms with Crippen LogP contribution in [0.4, 0.5) is 17.5 Å². The van der Waals surface area contributed by atoms with Gasteiger partial charge in [-0.15, -0.1) is 11.3 Å². The highest BCUT2D eigenvalue weighted by Crippen LogP contribution is 2.38. The molecule has 3 aromatic heterocycles. The lowest BCUT2D eigenvalue weighted by Crippen LogP contribution is -2.31. The summed E-state index contributed by atoms with van der Waals surface area (Å²) in [6.45, 7) is 2.21. The Morgan fingerprint density at radius 3 is 2.76 bits per heavy atom. The third-order valence-electron chi connectivity index (χ3n) is 6.44. The molecule has 2 aliphatic heterocycles. The quantitative estimate of drug-likeness (QED) is 0.462. The van der Waals surface area contributed by atoms with Crippen molar-refractivity contribution in [1.82, 2.24) is 24.6 Å². The van der Waals surface area contributed by atoms with Crippen molar-refractivity contribution in [3.63, 3.8) is 0 Å². The molecule has 6 rings (SSSR count). The number of nitrogens with zero attached hydrogens (tertiary/aromatic N) is 7. The number of fused-ring (bicyclic) bond motifs is 1. The van der Waals surface area contributed by atoms with E-state index in [-0.39, 0.29) is 6.04 Å². The Labute approximate surface area is 196 Å². The molecule has 4 aromatic rings. The summed E-state index contributed by atoms with van der Waals surface area (Å²) in [5.74, 6) is 1.40. The second kappa shape index (κ2) is 8.57. The maximum Gasteiger partial charge on any atom is 0.229 e. The van der Waals surface area contributed by atoms with Gasteiger partial charge >= 0.3 is 0 Å². The van der Waals surface area contributed by atoms with Gasteiger partial charge in [0.15, 0.2) is 5.82 Å². The van der Waals surface area contributed by atoms with Gasteiger partial charge < -0.3 is 10.2 Å². The van der Waals surface area contributed by atoms with E-state index < -0.39 is 0 Å². The van der Waals surface area contributed by atoms with E-state index in [4.69, 9.17) is 9.97 Å². The van der Waals surface area contributed by atoms with Crippen LogP contribution >= 0.6 is 11.3 Å². The molecule has 0 radical (unpaired) electrons. The zero-order valence-electron chi connectivity index (χ0n) is 18.5. The van der Waals surface area contributed by atoms with Crippen LogP contribution in [0.2, 0.25) is 0 Å². The van der Waals surface area contributed by atoms with Gasteiger partial charge in [-0.25, -0.2) is 9.99 Å². The van der Waals surface area contributed by atoms with Crippen LogP contribution in [0.15, 0.2) is 59.3 Å². The lowest BCUT2D eigenvalue weighted by Gasteiger charge is -2.28. The summed E-state index contributed by atoms with van der Waals surface area (Å²) in [7, 11) is 2.18. The highest BCUT2D eigenvalue weighted by atomic mass is 32.1. The predicted molar refractivity (Wildman–Crippen MR) is 133 cm³/mol. The first-order valence-corrected chi connectivity index (χ1v) is 12.2. The maximum atomic E-state index is 4.91. The monoisotopic (exact) mass is 458 g/mol. The number of hydrazone groups is 1. The second-order valence-electron chi connectivity index (χ2n) is 8.68. The molecule has 1 aromatic carbocycles. The number of anilines is 3. The lowest BCUT2D eigenvalue weighted by molar-refractivity contribution is 0.212. The molecule has 1 fully saturated rings. The van der Waals surface area contributed by atoms with Crippen LogP contribution in [0.3, 0.4) is 0 Å². The standard InChI is InChI=1S/C24H26N8S/c1-30-12-8-19(9-13-30)31-16-18(15-26-31)27-24-28-20-10-14-33-22(20)23(29-24)32-21(7-11-25-32)17-5-3-2-4-6-17/h2-6,10-11,14-16,19,21H,7-9,12-13H2,1H3,(H,27,28,29). The minimum Gasteiger partial charge on any atom is -0.321 e. The molecule has 1 atom stereocenters. The van der Waals surface area contributed by atoms with Crippen LogP contribution in [-0.2, 0) is 0 Å². The van der Waals surface area contributed by atoms with Crippen molar-refractivity contribution in [1.29, 1.82) is 0 Å². The zero-order chi connectivity index (χ0) is 22.2. The van der Waals surface area contributed by atoms with Crippen molar-refractivity contribution < 1.29 is 0 Å². The van der Waals surface area contributed by atoms with Crippen LogP contribution in [0.5, 0.6) is 0 Å². The fourth-order valence-electron chi connectivity index (χ4n) is 4.62. The van der Waals surface area contributed by atoms with Gasteiger partial charge in [0.1, 0.15) is 0 Å². The Bertz CT molecular complexity index is 1270. The van der Waals surface area contributed by atoms with Crippen molar-refractivity contribution in [2.24, 2.45) is 5.10 Å². The second-order valence-corrected chi connectivity index (χ2v) is 9.60. The predicted octanol–water partition coefficient (Wildman–Crippen LogP) is 4.84. The number of hydrogen-bond acceptors (Lipinski definition) is 8. The Hall–Kier alpha value is -3.30. The van der Waals surface area contributed by atoms with Crippen molar-refractivity contribution in [3.05, 3.63) is 59.7 Å². The summed E-state index contributed by atoms with van der Waals surface area (Å²) in [5.41, 5.74) is 3.05. The van der Waals surface area contributed by atoms with Crippen LogP contribution in [0.25, 0.3) is 10.2 Å². The highest BCUT2D eigenvalue weighted by Gasteiger charge is 2.28. The minimum atomic E-state index is 0.131. The van der Waals surface area contributed by atoms with Gasteiger partial charge in [0.25, 0.3) is 0 Å². The van der Waals surface area contributed by atoms with Crippen LogP contribution in [0.1, 0.15) is 36.9 Å². The topological polar surface area (TPSA) is 74.5 Å². The van der Waals surface area contributed by atoms with Crippen molar-refractivity contribution in [2.75, 3.05) is 30.5 Å². The average Bonchev–Trinajstić information content (AvgIpc) is 3.60. The summed E-state index contributed by atoms with van der Waals surface area (Å²) in [5, 5.41) is 16.8.